The van der Waals surface area contributed by atoms with Gasteiger partial charge in [-0.1, -0.05) is 13.3 Å². The van der Waals surface area contributed by atoms with Crippen LogP contribution < -0.4 is 0 Å². The maximum atomic E-state index is 12.9. The topological polar surface area (TPSA) is 57.6 Å². The van der Waals surface area contributed by atoms with Crippen molar-refractivity contribution in [2.45, 2.75) is 26.2 Å². The minimum atomic E-state index is -1.00. The van der Waals surface area contributed by atoms with Gasteiger partial charge in [0.2, 0.25) is 0 Å². The molecule has 0 aromatic heterocycles. The second-order valence-corrected chi connectivity index (χ2v) is 5.28. The molecular formula is C16H22FNO3. The Bertz CT molecular complexity index is 473. The number of carbonyl (C=O) groups is 2. The lowest BCUT2D eigenvalue weighted by molar-refractivity contribution is -0.137. The number of halogens is 1. The molecule has 0 bridgehead atoms. The molecule has 1 N–H and O–H groups in total. The number of Topliss-reactive ketones (excluding diaryl/α,β-unsaturated/α-hetero) is 1. The summed E-state index contributed by atoms with van der Waals surface area (Å²) >= 11 is 0. The Morgan fingerprint density at radius 2 is 1.90 bits per heavy atom. The molecule has 0 spiro atoms. The van der Waals surface area contributed by atoms with E-state index in [2.05, 4.69) is 6.92 Å². The Labute approximate surface area is 124 Å². The highest BCUT2D eigenvalue weighted by Crippen LogP contribution is 2.15. The molecule has 4 nitrogen and oxygen atoms in total. The van der Waals surface area contributed by atoms with Crippen LogP contribution in [0.3, 0.4) is 0 Å². The van der Waals surface area contributed by atoms with Gasteiger partial charge in [-0.05, 0) is 44.3 Å². The molecule has 21 heavy (non-hydrogen) atoms. The molecule has 0 saturated carbocycles. The van der Waals surface area contributed by atoms with Gasteiger partial charge in [0.15, 0.2) is 5.78 Å². The van der Waals surface area contributed by atoms with Crippen molar-refractivity contribution in [1.82, 2.24) is 4.90 Å². The molecular weight excluding hydrogens is 273 g/mol. The van der Waals surface area contributed by atoms with Crippen LogP contribution in [0.2, 0.25) is 0 Å². The fraction of sp³-hybridized carbons (Fsp3) is 0.500. The van der Waals surface area contributed by atoms with E-state index in [9.17, 15) is 14.0 Å². The second-order valence-electron chi connectivity index (χ2n) is 5.28. The zero-order valence-corrected chi connectivity index (χ0v) is 12.5. The SMILES string of the molecule is CCCCN(C)CC(CC(=O)O)C(=O)c1ccc(F)cc1. The first-order chi connectivity index (χ1) is 9.93. The summed E-state index contributed by atoms with van der Waals surface area (Å²) < 4.78 is 12.9. The van der Waals surface area contributed by atoms with E-state index in [4.69, 9.17) is 5.11 Å². The molecule has 0 aliphatic carbocycles. The van der Waals surface area contributed by atoms with Crippen molar-refractivity contribution >= 4 is 11.8 Å². The normalized spacial score (nSPS) is 12.4. The molecule has 116 valence electrons. The van der Waals surface area contributed by atoms with Crippen LogP contribution in [0.4, 0.5) is 4.39 Å². The van der Waals surface area contributed by atoms with Crippen molar-refractivity contribution in [3.8, 4) is 0 Å². The van der Waals surface area contributed by atoms with Crippen LogP contribution in [-0.4, -0.2) is 41.9 Å². The Hall–Kier alpha value is -1.75. The van der Waals surface area contributed by atoms with Gasteiger partial charge in [-0.15, -0.1) is 0 Å². The number of hydrogen-bond acceptors (Lipinski definition) is 3. The molecule has 1 aromatic rings. The average Bonchev–Trinajstić information content (AvgIpc) is 2.44. The molecule has 0 amide bonds. The summed E-state index contributed by atoms with van der Waals surface area (Å²) in [6, 6.07) is 5.23. The average molecular weight is 295 g/mol. The smallest absolute Gasteiger partial charge is 0.304 e. The zero-order chi connectivity index (χ0) is 15.8. The van der Waals surface area contributed by atoms with Crippen LogP contribution in [0.25, 0.3) is 0 Å². The number of benzene rings is 1. The second kappa shape index (κ2) is 8.52. The molecule has 0 fully saturated rings. The van der Waals surface area contributed by atoms with Gasteiger partial charge < -0.3 is 10.0 Å². The van der Waals surface area contributed by atoms with Gasteiger partial charge >= 0.3 is 5.97 Å². The van der Waals surface area contributed by atoms with Crippen LogP contribution in [0, 0.1) is 11.7 Å². The van der Waals surface area contributed by atoms with Gasteiger partial charge in [-0.25, -0.2) is 4.39 Å². The molecule has 1 unspecified atom stereocenters. The third-order valence-corrected chi connectivity index (χ3v) is 3.35. The molecule has 1 rings (SSSR count). The third kappa shape index (κ3) is 6.04. The first kappa shape index (κ1) is 17.3. The largest absolute Gasteiger partial charge is 0.481 e. The molecule has 0 aliphatic rings. The summed E-state index contributed by atoms with van der Waals surface area (Å²) in [7, 11) is 1.88. The van der Waals surface area contributed by atoms with Crippen molar-refractivity contribution in [2.75, 3.05) is 20.1 Å². The van der Waals surface area contributed by atoms with E-state index in [1.165, 1.54) is 24.3 Å². The Kier molecular flexibility index (Phi) is 7.02. The first-order valence-corrected chi connectivity index (χ1v) is 7.14. The summed E-state index contributed by atoms with van der Waals surface area (Å²) in [5, 5.41) is 8.98. The first-order valence-electron chi connectivity index (χ1n) is 7.14. The minimum Gasteiger partial charge on any atom is -0.481 e. The molecule has 1 aromatic carbocycles. The van der Waals surface area contributed by atoms with E-state index in [1.807, 2.05) is 11.9 Å². The highest BCUT2D eigenvalue weighted by atomic mass is 19.1. The number of ketones is 1. The Morgan fingerprint density at radius 1 is 1.29 bits per heavy atom. The van der Waals surface area contributed by atoms with Crippen molar-refractivity contribution in [2.24, 2.45) is 5.92 Å². The number of carboxylic acid groups (broad SMARTS) is 1. The number of carboxylic acids is 1. The van der Waals surface area contributed by atoms with E-state index in [-0.39, 0.29) is 12.2 Å². The van der Waals surface area contributed by atoms with E-state index in [1.54, 1.807) is 0 Å². The van der Waals surface area contributed by atoms with E-state index in [0.717, 1.165) is 19.4 Å². The van der Waals surface area contributed by atoms with Gasteiger partial charge in [0, 0.05) is 18.0 Å². The van der Waals surface area contributed by atoms with Crippen LogP contribution >= 0.6 is 0 Å². The molecule has 0 radical (unpaired) electrons. The number of nitrogens with zero attached hydrogens (tertiary/aromatic N) is 1. The summed E-state index contributed by atoms with van der Waals surface area (Å²) in [4.78, 5) is 25.3. The van der Waals surface area contributed by atoms with Gasteiger partial charge in [0.1, 0.15) is 5.82 Å². The quantitative estimate of drug-likeness (QED) is 0.712. The van der Waals surface area contributed by atoms with Crippen LogP contribution in [-0.2, 0) is 4.79 Å². The maximum absolute atomic E-state index is 12.9. The molecule has 0 aliphatic heterocycles. The number of rotatable bonds is 9. The van der Waals surface area contributed by atoms with Crippen molar-refractivity contribution < 1.29 is 19.1 Å². The summed E-state index contributed by atoms with van der Waals surface area (Å²) in [6.07, 6.45) is 1.83. The predicted molar refractivity (Wildman–Crippen MR) is 78.9 cm³/mol. The number of unbranched alkanes of at least 4 members (excludes halogenated alkanes) is 1. The van der Waals surface area contributed by atoms with Crippen LogP contribution in [0.15, 0.2) is 24.3 Å². The molecule has 5 heteroatoms. The fourth-order valence-corrected chi connectivity index (χ4v) is 2.20. The zero-order valence-electron chi connectivity index (χ0n) is 12.5. The predicted octanol–water partition coefficient (Wildman–Crippen LogP) is 2.83. The number of hydrogen-bond donors (Lipinski definition) is 1. The molecule has 0 saturated heterocycles. The van der Waals surface area contributed by atoms with Gasteiger partial charge in [0.05, 0.1) is 6.42 Å². The number of aliphatic carboxylic acids is 1. The Morgan fingerprint density at radius 3 is 2.43 bits per heavy atom. The van der Waals surface area contributed by atoms with Crippen molar-refractivity contribution in [3.63, 3.8) is 0 Å². The lowest BCUT2D eigenvalue weighted by atomic mass is 9.94. The van der Waals surface area contributed by atoms with Crippen LogP contribution in [0.1, 0.15) is 36.5 Å². The summed E-state index contributed by atoms with van der Waals surface area (Å²) in [5.74, 6) is -2.28. The van der Waals surface area contributed by atoms with E-state index >= 15 is 0 Å². The van der Waals surface area contributed by atoms with Crippen molar-refractivity contribution in [1.29, 1.82) is 0 Å². The van der Waals surface area contributed by atoms with E-state index < -0.39 is 17.7 Å². The monoisotopic (exact) mass is 295 g/mol. The lowest BCUT2D eigenvalue weighted by Crippen LogP contribution is -2.32. The van der Waals surface area contributed by atoms with Gasteiger partial charge in [0.25, 0.3) is 0 Å². The van der Waals surface area contributed by atoms with Gasteiger partial charge in [-0.2, -0.15) is 0 Å². The van der Waals surface area contributed by atoms with Crippen LogP contribution in [0.5, 0.6) is 0 Å². The third-order valence-electron chi connectivity index (χ3n) is 3.35. The highest BCUT2D eigenvalue weighted by Gasteiger charge is 2.24. The van der Waals surface area contributed by atoms with E-state index in [0.29, 0.717) is 12.1 Å². The fourth-order valence-electron chi connectivity index (χ4n) is 2.20. The lowest BCUT2D eigenvalue weighted by Gasteiger charge is -2.22. The summed E-state index contributed by atoms with van der Waals surface area (Å²) in [5.41, 5.74) is 0.353. The Balaban J connectivity index is 2.78. The minimum absolute atomic E-state index is 0.216. The highest BCUT2D eigenvalue weighted by molar-refractivity contribution is 5.99. The molecule has 1 atom stereocenters. The maximum Gasteiger partial charge on any atom is 0.304 e. The molecule has 0 heterocycles. The van der Waals surface area contributed by atoms with Crippen molar-refractivity contribution in [3.05, 3.63) is 35.6 Å². The standard InChI is InChI=1S/C16H22FNO3/c1-3-4-9-18(2)11-13(10-15(19)20)16(21)12-5-7-14(17)8-6-12/h5-8,13H,3-4,9-11H2,1-2H3,(H,19,20). The summed E-state index contributed by atoms with van der Waals surface area (Å²) in [6.45, 7) is 3.29. The number of carbonyl (C=O) groups excluding carboxylic acids is 1. The van der Waals surface area contributed by atoms with Gasteiger partial charge in [-0.3, -0.25) is 9.59 Å².